The molecule has 0 radical (unpaired) electrons. The molecule has 88 valence electrons. The van der Waals surface area contributed by atoms with E-state index in [1.165, 1.54) is 19.3 Å². The van der Waals surface area contributed by atoms with Crippen LogP contribution in [0.4, 0.5) is 4.79 Å². The Morgan fingerprint density at radius 2 is 2.12 bits per heavy atom. The van der Waals surface area contributed by atoms with Crippen LogP contribution in [-0.4, -0.2) is 30.3 Å². The summed E-state index contributed by atoms with van der Waals surface area (Å²) < 4.78 is 4.35. The maximum absolute atomic E-state index is 11.0. The van der Waals surface area contributed by atoms with E-state index in [1.807, 2.05) is 0 Å². The van der Waals surface area contributed by atoms with Gasteiger partial charge in [-0.25, -0.2) is 9.59 Å². The largest absolute Gasteiger partial charge is 0.479 e. The van der Waals surface area contributed by atoms with E-state index in [2.05, 4.69) is 16.6 Å². The first-order chi connectivity index (χ1) is 7.56. The summed E-state index contributed by atoms with van der Waals surface area (Å²) in [6, 6.07) is -1.15. The number of aliphatic carboxylic acids is 1. The van der Waals surface area contributed by atoms with E-state index in [0.717, 1.165) is 0 Å². The van der Waals surface area contributed by atoms with Crippen molar-refractivity contribution in [2.75, 3.05) is 7.11 Å². The Kier molecular flexibility index (Phi) is 6.35. The molecule has 1 atom stereocenters. The predicted octanol–water partition coefficient (Wildman–Crippen LogP) is 1.48. The minimum Gasteiger partial charge on any atom is -0.479 e. The third-order valence-electron chi connectivity index (χ3n) is 1.70. The van der Waals surface area contributed by atoms with Crippen LogP contribution in [0.2, 0.25) is 0 Å². The third kappa shape index (κ3) is 4.45. The molecule has 0 unspecified atom stereocenters. The van der Waals surface area contributed by atoms with Crippen LogP contribution in [0.3, 0.4) is 0 Å². The van der Waals surface area contributed by atoms with Crippen LogP contribution < -0.4 is 5.32 Å². The summed E-state index contributed by atoms with van der Waals surface area (Å²) >= 11 is 0. The Balaban J connectivity index is 5.00. The fraction of sp³-hybridized carbons (Fsp3) is 0.273. The van der Waals surface area contributed by atoms with Gasteiger partial charge in [-0.2, -0.15) is 0 Å². The van der Waals surface area contributed by atoms with Crippen molar-refractivity contribution >= 4 is 12.1 Å². The minimum atomic E-state index is -1.17. The summed E-state index contributed by atoms with van der Waals surface area (Å²) in [5.74, 6) is -1.17. The van der Waals surface area contributed by atoms with Crippen molar-refractivity contribution in [1.82, 2.24) is 5.32 Å². The second-order valence-electron chi connectivity index (χ2n) is 2.81. The maximum Gasteiger partial charge on any atom is 0.407 e. The van der Waals surface area contributed by atoms with Crippen molar-refractivity contribution in [3.8, 4) is 0 Å². The molecule has 0 saturated carbocycles. The number of allylic oxidation sites excluding steroid dienone is 3. The van der Waals surface area contributed by atoms with Crippen LogP contribution in [0.5, 0.6) is 0 Å². The van der Waals surface area contributed by atoms with E-state index < -0.39 is 18.1 Å². The normalized spacial score (nSPS) is 13.2. The molecule has 0 saturated heterocycles. The van der Waals surface area contributed by atoms with Gasteiger partial charge in [-0.1, -0.05) is 30.9 Å². The molecule has 0 rings (SSSR count). The first-order valence-corrected chi connectivity index (χ1v) is 4.59. The molecule has 0 aliphatic rings. The van der Waals surface area contributed by atoms with Gasteiger partial charge in [-0.05, 0) is 12.5 Å². The fourth-order valence-corrected chi connectivity index (χ4v) is 1.04. The number of rotatable bonds is 5. The zero-order valence-corrected chi connectivity index (χ0v) is 9.27. The zero-order valence-electron chi connectivity index (χ0n) is 9.27. The van der Waals surface area contributed by atoms with Gasteiger partial charge < -0.3 is 15.2 Å². The Bertz CT molecular complexity index is 331. The van der Waals surface area contributed by atoms with E-state index >= 15 is 0 Å². The van der Waals surface area contributed by atoms with Crippen LogP contribution >= 0.6 is 0 Å². The Hall–Kier alpha value is -2.04. The molecule has 0 spiro atoms. The van der Waals surface area contributed by atoms with Crippen molar-refractivity contribution < 1.29 is 19.4 Å². The lowest BCUT2D eigenvalue weighted by atomic mass is 10.1. The van der Waals surface area contributed by atoms with E-state index in [-0.39, 0.29) is 0 Å². The molecular formula is C11H15NO4. The Labute approximate surface area is 94.1 Å². The highest BCUT2D eigenvalue weighted by molar-refractivity contribution is 5.83. The number of carboxylic acids is 1. The second kappa shape index (κ2) is 7.28. The summed E-state index contributed by atoms with van der Waals surface area (Å²) in [6.45, 7) is 5.22. The molecule has 2 N–H and O–H groups in total. The van der Waals surface area contributed by atoms with Crippen LogP contribution in [-0.2, 0) is 9.53 Å². The molecular weight excluding hydrogens is 210 g/mol. The fourth-order valence-electron chi connectivity index (χ4n) is 1.04. The third-order valence-corrected chi connectivity index (χ3v) is 1.70. The van der Waals surface area contributed by atoms with Crippen LogP contribution in [0.15, 0.2) is 36.5 Å². The van der Waals surface area contributed by atoms with Crippen molar-refractivity contribution in [1.29, 1.82) is 0 Å². The van der Waals surface area contributed by atoms with E-state index in [0.29, 0.717) is 5.57 Å². The first kappa shape index (κ1) is 14.0. The standard InChI is InChI=1S/C11H15NO4/c1-4-6-8(7-5-2)9(10(13)14)12-11(15)16-3/h4-7,9H,1H2,2-3H3,(H,12,15)(H,13,14)/b7-5-,8-6+/t9-/m1/s1. The molecule has 5 nitrogen and oxygen atoms in total. The highest BCUT2D eigenvalue weighted by Gasteiger charge is 2.22. The number of carbonyl (C=O) groups is 2. The minimum absolute atomic E-state index is 0.412. The summed E-state index contributed by atoms with van der Waals surface area (Å²) in [6.07, 6.45) is 5.41. The number of amides is 1. The van der Waals surface area contributed by atoms with Gasteiger partial charge in [0.15, 0.2) is 6.04 Å². The van der Waals surface area contributed by atoms with Crippen LogP contribution in [0.25, 0.3) is 0 Å². The lowest BCUT2D eigenvalue weighted by Crippen LogP contribution is -2.41. The van der Waals surface area contributed by atoms with Crippen molar-refractivity contribution in [3.63, 3.8) is 0 Å². The molecule has 0 aliphatic carbocycles. The van der Waals surface area contributed by atoms with Gasteiger partial charge in [0.25, 0.3) is 0 Å². The smallest absolute Gasteiger partial charge is 0.407 e. The number of hydrogen-bond acceptors (Lipinski definition) is 3. The van der Waals surface area contributed by atoms with Crippen LogP contribution in [0, 0.1) is 0 Å². The topological polar surface area (TPSA) is 75.6 Å². The predicted molar refractivity (Wildman–Crippen MR) is 60.1 cm³/mol. The molecule has 1 amide bonds. The summed E-state index contributed by atoms with van der Waals surface area (Å²) in [5, 5.41) is 11.2. The number of alkyl carbamates (subject to hydrolysis) is 1. The van der Waals surface area contributed by atoms with Crippen molar-refractivity contribution in [2.24, 2.45) is 0 Å². The van der Waals surface area contributed by atoms with E-state index in [9.17, 15) is 9.59 Å². The number of ether oxygens (including phenoxy) is 1. The summed E-state index contributed by atoms with van der Waals surface area (Å²) in [5.41, 5.74) is 0.412. The Morgan fingerprint density at radius 3 is 2.50 bits per heavy atom. The van der Waals surface area contributed by atoms with Crippen LogP contribution in [0.1, 0.15) is 6.92 Å². The van der Waals surface area contributed by atoms with Gasteiger partial charge in [0, 0.05) is 0 Å². The van der Waals surface area contributed by atoms with Gasteiger partial charge >= 0.3 is 12.1 Å². The van der Waals surface area contributed by atoms with Crippen molar-refractivity contribution in [3.05, 3.63) is 36.5 Å². The van der Waals surface area contributed by atoms with E-state index in [1.54, 1.807) is 19.1 Å². The number of carboxylic acid groups (broad SMARTS) is 1. The molecule has 0 heterocycles. The van der Waals surface area contributed by atoms with Gasteiger partial charge in [0.2, 0.25) is 0 Å². The van der Waals surface area contributed by atoms with Gasteiger partial charge in [-0.3, -0.25) is 0 Å². The van der Waals surface area contributed by atoms with Gasteiger partial charge in [-0.15, -0.1) is 0 Å². The summed E-state index contributed by atoms with van der Waals surface area (Å²) in [7, 11) is 1.17. The molecule has 5 heteroatoms. The second-order valence-corrected chi connectivity index (χ2v) is 2.81. The zero-order chi connectivity index (χ0) is 12.6. The molecule has 0 bridgehead atoms. The SMILES string of the molecule is C=C/C=C(\C=C/C)[C@@H](NC(=O)OC)C(=O)O. The maximum atomic E-state index is 11.0. The number of nitrogens with one attached hydrogen (secondary N) is 1. The van der Waals surface area contributed by atoms with E-state index in [4.69, 9.17) is 5.11 Å². The average Bonchev–Trinajstić information content (AvgIpc) is 2.25. The van der Waals surface area contributed by atoms with Crippen molar-refractivity contribution in [2.45, 2.75) is 13.0 Å². The van der Waals surface area contributed by atoms with Gasteiger partial charge in [0.05, 0.1) is 7.11 Å². The lowest BCUT2D eigenvalue weighted by molar-refractivity contribution is -0.138. The molecule has 16 heavy (non-hydrogen) atoms. The number of methoxy groups -OCH3 is 1. The molecule has 0 aliphatic heterocycles. The monoisotopic (exact) mass is 225 g/mol. The summed E-state index contributed by atoms with van der Waals surface area (Å²) in [4.78, 5) is 21.9. The molecule has 0 aromatic rings. The molecule has 0 aromatic carbocycles. The molecule has 0 fully saturated rings. The Morgan fingerprint density at radius 1 is 1.50 bits per heavy atom. The average molecular weight is 225 g/mol. The highest BCUT2D eigenvalue weighted by atomic mass is 16.5. The first-order valence-electron chi connectivity index (χ1n) is 4.59. The quantitative estimate of drug-likeness (QED) is 0.695. The highest BCUT2D eigenvalue weighted by Crippen LogP contribution is 2.06. The molecule has 0 aromatic heterocycles. The lowest BCUT2D eigenvalue weighted by Gasteiger charge is -2.14. The number of hydrogen-bond donors (Lipinski definition) is 2. The number of carbonyl (C=O) groups excluding carboxylic acids is 1. The van der Waals surface area contributed by atoms with Gasteiger partial charge in [0.1, 0.15) is 0 Å².